The third-order valence-electron chi connectivity index (χ3n) is 6.10. The maximum absolute atomic E-state index is 13.1. The predicted octanol–water partition coefficient (Wildman–Crippen LogP) is 4.93. The Kier molecular flexibility index (Phi) is 6.36. The quantitative estimate of drug-likeness (QED) is 0.227. The average molecular weight is 472 g/mol. The van der Waals surface area contributed by atoms with E-state index < -0.39 is 6.04 Å². The number of fused-ring (bicyclic) bond motifs is 1. The molecule has 1 fully saturated rings. The monoisotopic (exact) mass is 471 g/mol. The van der Waals surface area contributed by atoms with Crippen LogP contribution >= 0.6 is 11.8 Å². The van der Waals surface area contributed by atoms with Crippen molar-refractivity contribution in [1.29, 1.82) is 0 Å². The second kappa shape index (κ2) is 9.73. The minimum atomic E-state index is -0.572. The van der Waals surface area contributed by atoms with Gasteiger partial charge in [0, 0.05) is 19.2 Å². The number of aryl methyl sites for hydroxylation is 1. The highest BCUT2D eigenvalue weighted by molar-refractivity contribution is 7.99. The van der Waals surface area contributed by atoms with Gasteiger partial charge in [-0.1, -0.05) is 72.4 Å². The molecule has 4 aromatic rings. The summed E-state index contributed by atoms with van der Waals surface area (Å²) in [5.41, 5.74) is 3.76. The molecule has 6 nitrogen and oxygen atoms in total. The fourth-order valence-electron chi connectivity index (χ4n) is 4.36. The van der Waals surface area contributed by atoms with Crippen LogP contribution in [0.3, 0.4) is 0 Å². The van der Waals surface area contributed by atoms with Crippen molar-refractivity contribution >= 4 is 34.7 Å². The number of carbonyl (C=O) groups excluding carboxylic acids is 2. The first kappa shape index (κ1) is 22.2. The van der Waals surface area contributed by atoms with Gasteiger partial charge in [0.25, 0.3) is 0 Å². The highest BCUT2D eigenvalue weighted by Crippen LogP contribution is 2.31. The summed E-state index contributed by atoms with van der Waals surface area (Å²) in [5.74, 6) is 0.267. The van der Waals surface area contributed by atoms with E-state index in [1.165, 1.54) is 11.8 Å². The van der Waals surface area contributed by atoms with Gasteiger partial charge in [-0.15, -0.1) is 0 Å². The minimum absolute atomic E-state index is 0.0761. The fraction of sp³-hybridized carbons (Fsp3) is 0.222. The summed E-state index contributed by atoms with van der Waals surface area (Å²) >= 11 is 1.39. The molecule has 3 aromatic carbocycles. The Balaban J connectivity index is 1.27. The van der Waals surface area contributed by atoms with Crippen LogP contribution < -0.4 is 4.74 Å². The second-order valence-electron chi connectivity index (χ2n) is 8.26. The lowest BCUT2D eigenvalue weighted by Gasteiger charge is -2.23. The summed E-state index contributed by atoms with van der Waals surface area (Å²) in [5, 5.41) is 0.782. The zero-order chi connectivity index (χ0) is 23.5. The maximum Gasteiger partial charge on any atom is 0.334 e. The van der Waals surface area contributed by atoms with Crippen molar-refractivity contribution in [2.24, 2.45) is 7.05 Å². The zero-order valence-electron chi connectivity index (χ0n) is 18.9. The molecule has 1 amide bonds. The van der Waals surface area contributed by atoms with E-state index in [0.717, 1.165) is 33.7 Å². The molecule has 0 saturated carbocycles. The molecular weight excluding hydrogens is 446 g/mol. The van der Waals surface area contributed by atoms with Crippen LogP contribution in [0.4, 0.5) is 0 Å². The van der Waals surface area contributed by atoms with Crippen molar-refractivity contribution in [1.82, 2.24) is 14.5 Å². The first-order valence-corrected chi connectivity index (χ1v) is 12.3. The van der Waals surface area contributed by atoms with E-state index in [1.807, 2.05) is 84.4 Å². The number of amides is 1. The first-order valence-electron chi connectivity index (χ1n) is 11.3. The molecule has 2 heterocycles. The van der Waals surface area contributed by atoms with Gasteiger partial charge in [-0.2, -0.15) is 0 Å². The Morgan fingerprint density at radius 3 is 2.56 bits per heavy atom. The lowest BCUT2D eigenvalue weighted by atomic mass is 10.0. The first-order chi connectivity index (χ1) is 16.6. The van der Waals surface area contributed by atoms with Gasteiger partial charge in [-0.05, 0) is 36.6 Å². The number of imidazole rings is 1. The largest absolute Gasteiger partial charge is 0.424 e. The molecule has 0 unspecified atom stereocenters. The van der Waals surface area contributed by atoms with E-state index in [1.54, 1.807) is 11.0 Å². The molecule has 7 heteroatoms. The van der Waals surface area contributed by atoms with Crippen molar-refractivity contribution in [2.75, 3.05) is 12.3 Å². The highest BCUT2D eigenvalue weighted by atomic mass is 32.2. The minimum Gasteiger partial charge on any atom is -0.424 e. The van der Waals surface area contributed by atoms with Crippen molar-refractivity contribution < 1.29 is 14.3 Å². The number of aromatic nitrogens is 2. The van der Waals surface area contributed by atoms with Crippen molar-refractivity contribution in [3.8, 4) is 16.9 Å². The number of benzene rings is 3. The molecule has 0 bridgehead atoms. The second-order valence-corrected chi connectivity index (χ2v) is 9.20. The Bertz CT molecular complexity index is 1340. The Hall–Kier alpha value is -3.58. The summed E-state index contributed by atoms with van der Waals surface area (Å²) in [7, 11) is 1.95. The standard InChI is InChI=1S/C27H25N3O3S/c1-29-22-14-7-6-13-21(22)28-27(29)34-18-25(31)30-17-9-15-23(30)26(32)33-24-16-8-5-12-20(24)19-10-3-2-4-11-19/h2-8,10-14,16,23H,9,15,17-18H2,1H3/t23-/m0/s1. The molecule has 0 spiro atoms. The SMILES string of the molecule is Cn1c(SCC(=O)N2CCC[C@H]2C(=O)Oc2ccccc2-c2ccccc2)nc2ccccc21. The average Bonchev–Trinajstić information content (AvgIpc) is 3.49. The highest BCUT2D eigenvalue weighted by Gasteiger charge is 2.35. The summed E-state index contributed by atoms with van der Waals surface area (Å²) in [6.45, 7) is 0.558. The smallest absolute Gasteiger partial charge is 0.334 e. The molecule has 1 saturated heterocycles. The van der Waals surface area contributed by atoms with Crippen molar-refractivity contribution in [3.05, 3.63) is 78.9 Å². The molecule has 1 aromatic heterocycles. The van der Waals surface area contributed by atoms with Gasteiger partial charge < -0.3 is 14.2 Å². The number of nitrogens with zero attached hydrogens (tertiary/aromatic N) is 3. The fourth-order valence-corrected chi connectivity index (χ4v) is 5.23. The number of hydrogen-bond donors (Lipinski definition) is 0. The molecule has 1 aliphatic rings. The van der Waals surface area contributed by atoms with Gasteiger partial charge in [-0.3, -0.25) is 4.79 Å². The van der Waals surface area contributed by atoms with Gasteiger partial charge in [0.15, 0.2) is 5.16 Å². The van der Waals surface area contributed by atoms with E-state index in [-0.39, 0.29) is 17.6 Å². The zero-order valence-corrected chi connectivity index (χ0v) is 19.7. The lowest BCUT2D eigenvalue weighted by molar-refractivity contribution is -0.145. The van der Waals surface area contributed by atoms with Crippen molar-refractivity contribution in [3.63, 3.8) is 0 Å². The van der Waals surface area contributed by atoms with Crippen LogP contribution in [0, 0.1) is 0 Å². The number of likely N-dealkylation sites (tertiary alicyclic amines) is 1. The number of ether oxygens (including phenoxy) is 1. The Morgan fingerprint density at radius 1 is 1.00 bits per heavy atom. The Morgan fingerprint density at radius 2 is 1.74 bits per heavy atom. The number of para-hydroxylation sites is 3. The number of thioether (sulfide) groups is 1. The van der Waals surface area contributed by atoms with E-state index >= 15 is 0 Å². The summed E-state index contributed by atoms with van der Waals surface area (Å²) < 4.78 is 7.82. The van der Waals surface area contributed by atoms with Gasteiger partial charge in [0.05, 0.1) is 16.8 Å². The van der Waals surface area contributed by atoms with Crippen molar-refractivity contribution in [2.45, 2.75) is 24.0 Å². The third kappa shape index (κ3) is 4.43. The lowest BCUT2D eigenvalue weighted by Crippen LogP contribution is -2.43. The predicted molar refractivity (Wildman–Crippen MR) is 134 cm³/mol. The van der Waals surface area contributed by atoms with E-state index in [2.05, 4.69) is 4.98 Å². The van der Waals surface area contributed by atoms with Gasteiger partial charge in [0.1, 0.15) is 11.8 Å². The molecule has 1 atom stereocenters. The third-order valence-corrected chi connectivity index (χ3v) is 7.11. The summed E-state index contributed by atoms with van der Waals surface area (Å²) in [6.07, 6.45) is 1.39. The Labute approximate surface area is 202 Å². The van der Waals surface area contributed by atoms with Gasteiger partial charge >= 0.3 is 5.97 Å². The van der Waals surface area contributed by atoms with Gasteiger partial charge in [0.2, 0.25) is 5.91 Å². The van der Waals surface area contributed by atoms with Crippen LogP contribution in [-0.4, -0.2) is 44.7 Å². The molecule has 1 aliphatic heterocycles. The van der Waals surface area contributed by atoms with E-state index in [0.29, 0.717) is 18.7 Å². The van der Waals surface area contributed by atoms with Crippen LogP contribution in [0.15, 0.2) is 84.0 Å². The van der Waals surface area contributed by atoms with Crippen LogP contribution in [0.5, 0.6) is 5.75 Å². The molecule has 0 N–H and O–H groups in total. The van der Waals surface area contributed by atoms with Crippen LogP contribution in [0.2, 0.25) is 0 Å². The number of rotatable bonds is 6. The molecule has 0 aliphatic carbocycles. The molecule has 34 heavy (non-hydrogen) atoms. The van der Waals surface area contributed by atoms with Gasteiger partial charge in [-0.25, -0.2) is 9.78 Å². The topological polar surface area (TPSA) is 64.4 Å². The molecule has 0 radical (unpaired) electrons. The normalized spacial score (nSPS) is 15.6. The van der Waals surface area contributed by atoms with E-state index in [4.69, 9.17) is 4.74 Å². The number of carbonyl (C=O) groups is 2. The van der Waals surface area contributed by atoms with Crippen LogP contribution in [-0.2, 0) is 16.6 Å². The summed E-state index contributed by atoms with van der Waals surface area (Å²) in [6, 6.07) is 24.6. The summed E-state index contributed by atoms with van der Waals surface area (Å²) in [4.78, 5) is 32.5. The number of hydrogen-bond acceptors (Lipinski definition) is 5. The molecule has 172 valence electrons. The van der Waals surface area contributed by atoms with E-state index in [9.17, 15) is 9.59 Å². The number of esters is 1. The van der Waals surface area contributed by atoms with Crippen LogP contribution in [0.1, 0.15) is 12.8 Å². The molecular formula is C27H25N3O3S. The maximum atomic E-state index is 13.1. The van der Waals surface area contributed by atoms with Crippen LogP contribution in [0.25, 0.3) is 22.2 Å². The molecule has 5 rings (SSSR count).